The molecule has 6 nitrogen and oxygen atoms in total. The molecule has 0 saturated heterocycles. The van der Waals surface area contributed by atoms with Gasteiger partial charge in [-0.2, -0.15) is 12.5 Å². The monoisotopic (exact) mass is 511 g/mol. The molecule has 1 unspecified atom stereocenters. The lowest BCUT2D eigenvalue weighted by Crippen LogP contribution is -2.32. The molecule has 6 rings (SSSR count). The molecule has 1 atom stereocenters. The number of nitrogens with zero attached hydrogens (tertiary/aromatic N) is 2. The van der Waals surface area contributed by atoms with Crippen LogP contribution in [0.2, 0.25) is 0 Å². The van der Waals surface area contributed by atoms with Crippen molar-refractivity contribution in [1.29, 1.82) is 0 Å². The van der Waals surface area contributed by atoms with E-state index in [0.29, 0.717) is 24.0 Å². The van der Waals surface area contributed by atoms with Crippen LogP contribution >= 0.6 is 0 Å². The molecule has 0 amide bonds. The van der Waals surface area contributed by atoms with E-state index in [4.69, 9.17) is 4.74 Å². The number of anilines is 1. The van der Waals surface area contributed by atoms with Crippen molar-refractivity contribution in [3.63, 3.8) is 0 Å². The van der Waals surface area contributed by atoms with E-state index in [1.165, 1.54) is 4.09 Å². The fourth-order valence-electron chi connectivity index (χ4n) is 5.07. The van der Waals surface area contributed by atoms with Gasteiger partial charge in [0.15, 0.2) is 5.82 Å². The van der Waals surface area contributed by atoms with Gasteiger partial charge >= 0.3 is 0 Å². The third-order valence-electron chi connectivity index (χ3n) is 7.31. The van der Waals surface area contributed by atoms with Crippen LogP contribution in [0.25, 0.3) is 6.08 Å². The predicted molar refractivity (Wildman–Crippen MR) is 146 cm³/mol. The van der Waals surface area contributed by atoms with Crippen molar-refractivity contribution >= 4 is 21.9 Å². The summed E-state index contributed by atoms with van der Waals surface area (Å²) in [6.45, 7) is 1.94. The fraction of sp³-hybridized carbons (Fsp3) is 0.233. The number of hydrogen-bond donors (Lipinski definition) is 1. The van der Waals surface area contributed by atoms with Gasteiger partial charge in [-0.3, -0.25) is 0 Å². The molecule has 1 aromatic heterocycles. The summed E-state index contributed by atoms with van der Waals surface area (Å²) in [4.78, 5) is 0.225. The van der Waals surface area contributed by atoms with Gasteiger partial charge in [0.05, 0.1) is 17.7 Å². The molecule has 188 valence electrons. The van der Waals surface area contributed by atoms with Crippen molar-refractivity contribution in [3.8, 4) is 5.75 Å². The summed E-state index contributed by atoms with van der Waals surface area (Å²) in [5, 5.41) is 8.13. The standard InChI is InChI=1S/C30H29N3O3S/c1-21-11-15-26(16-12-21)37(34,35)33-28-20-30(22-7-4-3-5-8-22,23-9-6-10-25(19-23)36-2)18-17-27(28)29(32-33)31-24-13-14-24/h3-12,15-19,24H,13-14,20H2,1-2H3,(H,31,32). The molecule has 3 aromatic carbocycles. The van der Waals surface area contributed by atoms with Crippen molar-refractivity contribution in [2.75, 3.05) is 12.4 Å². The number of ether oxygens (including phenoxy) is 1. The molecule has 37 heavy (non-hydrogen) atoms. The lowest BCUT2D eigenvalue weighted by Gasteiger charge is -2.35. The molecule has 2 aliphatic carbocycles. The van der Waals surface area contributed by atoms with Crippen LogP contribution in [0.15, 0.2) is 89.8 Å². The highest BCUT2D eigenvalue weighted by Crippen LogP contribution is 2.45. The topological polar surface area (TPSA) is 73.2 Å². The zero-order chi connectivity index (χ0) is 25.6. The van der Waals surface area contributed by atoms with Crippen LogP contribution in [-0.4, -0.2) is 30.8 Å². The molecule has 1 N–H and O–H groups in total. The van der Waals surface area contributed by atoms with Gasteiger partial charge in [-0.1, -0.05) is 72.3 Å². The molecular formula is C30H29N3O3S. The number of rotatable bonds is 7. The number of nitrogens with one attached hydrogen (secondary N) is 1. The van der Waals surface area contributed by atoms with Crippen LogP contribution in [0, 0.1) is 6.92 Å². The largest absolute Gasteiger partial charge is 0.497 e. The molecular weight excluding hydrogens is 482 g/mol. The number of hydrogen-bond acceptors (Lipinski definition) is 5. The normalized spacial score (nSPS) is 18.9. The molecule has 0 aliphatic heterocycles. The summed E-state index contributed by atoms with van der Waals surface area (Å²) in [5.74, 6) is 1.38. The van der Waals surface area contributed by atoms with Gasteiger partial charge in [0, 0.05) is 23.4 Å². The first-order valence-electron chi connectivity index (χ1n) is 12.5. The lowest BCUT2D eigenvalue weighted by atomic mass is 9.68. The van der Waals surface area contributed by atoms with E-state index in [-0.39, 0.29) is 4.90 Å². The van der Waals surface area contributed by atoms with Gasteiger partial charge in [-0.05, 0) is 55.2 Å². The maximum atomic E-state index is 13.9. The minimum absolute atomic E-state index is 0.225. The highest BCUT2D eigenvalue weighted by atomic mass is 32.2. The maximum absolute atomic E-state index is 13.9. The second-order valence-corrected chi connectivity index (χ2v) is 11.6. The first-order chi connectivity index (χ1) is 17.9. The zero-order valence-corrected chi connectivity index (χ0v) is 21.7. The van der Waals surface area contributed by atoms with Crippen LogP contribution in [0.1, 0.15) is 40.8 Å². The summed E-state index contributed by atoms with van der Waals surface area (Å²) in [6.07, 6.45) is 6.77. The summed E-state index contributed by atoms with van der Waals surface area (Å²) in [7, 11) is -2.26. The van der Waals surface area contributed by atoms with Gasteiger partial charge in [0.1, 0.15) is 5.75 Å². The molecule has 1 heterocycles. The smallest absolute Gasteiger partial charge is 0.283 e. The van der Waals surface area contributed by atoms with Gasteiger partial charge < -0.3 is 10.1 Å². The molecule has 4 aromatic rings. The van der Waals surface area contributed by atoms with E-state index >= 15 is 0 Å². The Labute approximate surface area is 217 Å². The van der Waals surface area contributed by atoms with Crippen LogP contribution in [0.4, 0.5) is 5.82 Å². The molecule has 1 saturated carbocycles. The maximum Gasteiger partial charge on any atom is 0.283 e. The van der Waals surface area contributed by atoms with Gasteiger partial charge in [-0.25, -0.2) is 0 Å². The fourth-order valence-corrected chi connectivity index (χ4v) is 6.39. The van der Waals surface area contributed by atoms with Gasteiger partial charge in [-0.15, -0.1) is 5.10 Å². The van der Waals surface area contributed by atoms with Crippen LogP contribution in [-0.2, 0) is 21.9 Å². The van der Waals surface area contributed by atoms with Gasteiger partial charge in [0.25, 0.3) is 10.0 Å². The lowest BCUT2D eigenvalue weighted by molar-refractivity contribution is 0.413. The summed E-state index contributed by atoms with van der Waals surface area (Å²) >= 11 is 0. The van der Waals surface area contributed by atoms with E-state index in [9.17, 15) is 8.42 Å². The van der Waals surface area contributed by atoms with Crippen molar-refractivity contribution in [2.24, 2.45) is 0 Å². The second-order valence-electron chi connectivity index (χ2n) is 9.87. The molecule has 7 heteroatoms. The summed E-state index contributed by atoms with van der Waals surface area (Å²) in [6, 6.07) is 25.5. The minimum atomic E-state index is -3.91. The second kappa shape index (κ2) is 8.92. The molecule has 0 bridgehead atoms. The SMILES string of the molecule is COc1cccc(C2(c3ccccc3)C=Cc3c(NC4CC4)nn(S(=O)(=O)c4ccc(C)cc4)c3C2)c1. The summed E-state index contributed by atoms with van der Waals surface area (Å²) < 4.78 is 34.7. The Hall–Kier alpha value is -3.84. The Morgan fingerprint density at radius 2 is 1.70 bits per heavy atom. The number of allylic oxidation sites excluding steroid dienone is 1. The Kier molecular flexibility index (Phi) is 5.68. The third kappa shape index (κ3) is 4.13. The predicted octanol–water partition coefficient (Wildman–Crippen LogP) is 5.57. The number of benzene rings is 3. The van der Waals surface area contributed by atoms with Crippen LogP contribution in [0.5, 0.6) is 5.75 Å². The number of aryl methyl sites for hydroxylation is 1. The van der Waals surface area contributed by atoms with Crippen LogP contribution < -0.4 is 10.1 Å². The first-order valence-corrected chi connectivity index (χ1v) is 13.9. The minimum Gasteiger partial charge on any atom is -0.497 e. The Bertz CT molecular complexity index is 1590. The van der Waals surface area contributed by atoms with Crippen molar-refractivity contribution in [3.05, 3.63) is 113 Å². The van der Waals surface area contributed by atoms with E-state index in [1.54, 1.807) is 19.2 Å². The molecule has 0 radical (unpaired) electrons. The zero-order valence-electron chi connectivity index (χ0n) is 20.9. The van der Waals surface area contributed by atoms with Crippen molar-refractivity contribution in [1.82, 2.24) is 9.19 Å². The Morgan fingerprint density at radius 1 is 0.973 bits per heavy atom. The average Bonchev–Trinajstić information content (AvgIpc) is 3.68. The Morgan fingerprint density at radius 3 is 2.41 bits per heavy atom. The first kappa shape index (κ1) is 23.6. The highest BCUT2D eigenvalue weighted by molar-refractivity contribution is 7.89. The number of methoxy groups -OCH3 is 1. The molecule has 2 aliphatic rings. The molecule has 0 spiro atoms. The number of fused-ring (bicyclic) bond motifs is 1. The average molecular weight is 512 g/mol. The van der Waals surface area contributed by atoms with Gasteiger partial charge in [0.2, 0.25) is 0 Å². The third-order valence-corrected chi connectivity index (χ3v) is 8.93. The van der Waals surface area contributed by atoms with Crippen molar-refractivity contribution in [2.45, 2.75) is 42.5 Å². The Balaban J connectivity index is 1.56. The van der Waals surface area contributed by atoms with E-state index in [0.717, 1.165) is 40.8 Å². The van der Waals surface area contributed by atoms with E-state index in [1.807, 2.05) is 61.5 Å². The summed E-state index contributed by atoms with van der Waals surface area (Å²) in [5.41, 5.74) is 4.00. The van der Waals surface area contributed by atoms with Crippen LogP contribution in [0.3, 0.4) is 0 Å². The quantitative estimate of drug-likeness (QED) is 0.351. The highest BCUT2D eigenvalue weighted by Gasteiger charge is 2.40. The molecule has 1 fully saturated rings. The number of aromatic nitrogens is 2. The van der Waals surface area contributed by atoms with E-state index in [2.05, 4.69) is 34.7 Å². The van der Waals surface area contributed by atoms with E-state index < -0.39 is 15.4 Å². The van der Waals surface area contributed by atoms with Crippen molar-refractivity contribution < 1.29 is 13.2 Å².